The Hall–Kier alpha value is -2.34. The summed E-state index contributed by atoms with van der Waals surface area (Å²) in [5.41, 5.74) is 4.68. The minimum atomic E-state index is 0.809. The van der Waals surface area contributed by atoms with Crippen molar-refractivity contribution < 1.29 is 0 Å². The first-order valence-electron chi connectivity index (χ1n) is 6.42. The monoisotopic (exact) mass is 246 g/mol. The van der Waals surface area contributed by atoms with Crippen LogP contribution >= 0.6 is 0 Å². The number of hydrogen-bond acceptors (Lipinski definition) is 0. The van der Waals surface area contributed by atoms with E-state index in [9.17, 15) is 0 Å². The summed E-state index contributed by atoms with van der Waals surface area (Å²) >= 11 is 0. The highest BCUT2D eigenvalue weighted by molar-refractivity contribution is 5.81. The Morgan fingerprint density at radius 2 is 1.32 bits per heavy atom. The van der Waals surface area contributed by atoms with Gasteiger partial charge in [-0.25, -0.2) is 0 Å². The molecule has 0 nitrogen and oxygen atoms in total. The highest BCUT2D eigenvalue weighted by Gasteiger charge is 2.04. The normalized spacial score (nSPS) is 9.68. The molecule has 0 fully saturated rings. The van der Waals surface area contributed by atoms with Crippen molar-refractivity contribution in [2.24, 2.45) is 0 Å². The Balaban J connectivity index is 2.46. The van der Waals surface area contributed by atoms with E-state index in [0.717, 1.165) is 12.0 Å². The summed E-state index contributed by atoms with van der Waals surface area (Å²) in [5, 5.41) is 0. The molecule has 0 spiro atoms. The highest BCUT2D eigenvalue weighted by Crippen LogP contribution is 2.25. The van der Waals surface area contributed by atoms with Crippen molar-refractivity contribution in [3.8, 4) is 0 Å². The van der Waals surface area contributed by atoms with Gasteiger partial charge in [-0.2, -0.15) is 0 Å². The van der Waals surface area contributed by atoms with E-state index in [0.29, 0.717) is 0 Å². The quantitative estimate of drug-likeness (QED) is 0.499. The SMILES string of the molecule is C=CCC(=C)C=C(c1ccccc1)c1ccccc1. The van der Waals surface area contributed by atoms with Crippen LogP contribution in [0.2, 0.25) is 0 Å². The molecule has 0 radical (unpaired) electrons. The number of hydrogen-bond donors (Lipinski definition) is 0. The maximum atomic E-state index is 4.09. The van der Waals surface area contributed by atoms with Gasteiger partial charge < -0.3 is 0 Å². The first-order chi connectivity index (χ1) is 9.31. The minimum absolute atomic E-state index is 0.809. The zero-order valence-electron chi connectivity index (χ0n) is 11.0. The Morgan fingerprint density at radius 3 is 1.74 bits per heavy atom. The second kappa shape index (κ2) is 6.55. The van der Waals surface area contributed by atoms with Gasteiger partial charge in [0.2, 0.25) is 0 Å². The number of allylic oxidation sites excluding steroid dienone is 3. The van der Waals surface area contributed by atoms with Gasteiger partial charge in [-0.05, 0) is 23.1 Å². The summed E-state index contributed by atoms with van der Waals surface area (Å²) in [6.07, 6.45) is 4.84. The van der Waals surface area contributed by atoms with Crippen molar-refractivity contribution in [1.29, 1.82) is 0 Å². The van der Waals surface area contributed by atoms with Crippen LogP contribution in [0.25, 0.3) is 5.57 Å². The molecule has 0 unspecified atom stereocenters. The molecule has 0 heteroatoms. The number of benzene rings is 2. The van der Waals surface area contributed by atoms with Gasteiger partial charge in [-0.3, -0.25) is 0 Å². The molecule has 0 aliphatic carbocycles. The van der Waals surface area contributed by atoms with Crippen LogP contribution in [0.5, 0.6) is 0 Å². The first-order valence-corrected chi connectivity index (χ1v) is 6.42. The predicted molar refractivity (Wildman–Crippen MR) is 83.9 cm³/mol. The van der Waals surface area contributed by atoms with Crippen LogP contribution in [0.4, 0.5) is 0 Å². The van der Waals surface area contributed by atoms with Crippen molar-refractivity contribution >= 4 is 5.57 Å². The second-order valence-corrected chi connectivity index (χ2v) is 4.44. The van der Waals surface area contributed by atoms with Crippen LogP contribution < -0.4 is 0 Å². The lowest BCUT2D eigenvalue weighted by atomic mass is 9.95. The summed E-state index contributed by atoms with van der Waals surface area (Å²) in [7, 11) is 0. The maximum Gasteiger partial charge on any atom is -0.0106 e. The van der Waals surface area contributed by atoms with Crippen LogP contribution in [0, 0.1) is 0 Å². The average Bonchev–Trinajstić information content (AvgIpc) is 2.47. The zero-order chi connectivity index (χ0) is 13.5. The van der Waals surface area contributed by atoms with Crippen LogP contribution in [0.1, 0.15) is 17.5 Å². The van der Waals surface area contributed by atoms with Gasteiger partial charge in [-0.15, -0.1) is 6.58 Å². The van der Waals surface area contributed by atoms with E-state index in [2.05, 4.69) is 67.8 Å². The Labute approximate surface area is 115 Å². The lowest BCUT2D eigenvalue weighted by Crippen LogP contribution is -1.88. The van der Waals surface area contributed by atoms with Crippen molar-refractivity contribution in [3.63, 3.8) is 0 Å². The van der Waals surface area contributed by atoms with E-state index in [4.69, 9.17) is 0 Å². The van der Waals surface area contributed by atoms with Crippen LogP contribution in [0.15, 0.2) is 91.5 Å². The molecular weight excluding hydrogens is 228 g/mol. The highest BCUT2D eigenvalue weighted by atomic mass is 14.1. The zero-order valence-corrected chi connectivity index (χ0v) is 11.0. The Morgan fingerprint density at radius 1 is 0.842 bits per heavy atom. The topological polar surface area (TPSA) is 0 Å². The largest absolute Gasteiger partial charge is 0.103 e. The minimum Gasteiger partial charge on any atom is -0.103 e. The predicted octanol–water partition coefficient (Wildman–Crippen LogP) is 5.25. The van der Waals surface area contributed by atoms with Gasteiger partial charge in [0.05, 0.1) is 0 Å². The molecule has 19 heavy (non-hydrogen) atoms. The fraction of sp³-hybridized carbons (Fsp3) is 0.0526. The summed E-state index contributed by atoms with van der Waals surface area (Å²) in [4.78, 5) is 0. The number of rotatable bonds is 5. The molecule has 0 N–H and O–H groups in total. The van der Waals surface area contributed by atoms with Crippen molar-refractivity contribution in [3.05, 3.63) is 103 Å². The molecule has 0 aliphatic heterocycles. The molecule has 0 saturated carbocycles. The van der Waals surface area contributed by atoms with Gasteiger partial charge in [-0.1, -0.05) is 85.0 Å². The molecule has 2 aromatic carbocycles. The molecule has 0 bridgehead atoms. The molecule has 2 aromatic rings. The van der Waals surface area contributed by atoms with Crippen molar-refractivity contribution in [2.45, 2.75) is 6.42 Å². The van der Waals surface area contributed by atoms with Crippen LogP contribution in [-0.4, -0.2) is 0 Å². The first kappa shape index (κ1) is 13.1. The summed E-state index contributed by atoms with van der Waals surface area (Å²) in [5.74, 6) is 0. The molecular formula is C19H18. The van der Waals surface area contributed by atoms with Gasteiger partial charge in [0.15, 0.2) is 0 Å². The average molecular weight is 246 g/mol. The van der Waals surface area contributed by atoms with E-state index < -0.39 is 0 Å². The molecule has 2 rings (SSSR count). The van der Waals surface area contributed by atoms with E-state index in [1.54, 1.807) is 0 Å². The summed E-state index contributed by atoms with van der Waals surface area (Å²) < 4.78 is 0. The standard InChI is InChI=1S/C19H18/c1-3-10-16(2)15-19(17-11-6-4-7-12-17)18-13-8-5-9-14-18/h3-9,11-15H,1-2,10H2. The van der Waals surface area contributed by atoms with Crippen LogP contribution in [-0.2, 0) is 0 Å². The Bertz CT molecular complexity index is 532. The maximum absolute atomic E-state index is 4.09. The third-order valence-electron chi connectivity index (χ3n) is 2.92. The van der Waals surface area contributed by atoms with Gasteiger partial charge in [0.1, 0.15) is 0 Å². The van der Waals surface area contributed by atoms with E-state index >= 15 is 0 Å². The van der Waals surface area contributed by atoms with E-state index in [1.807, 2.05) is 18.2 Å². The third kappa shape index (κ3) is 3.56. The molecule has 0 atom stereocenters. The van der Waals surface area contributed by atoms with Crippen molar-refractivity contribution in [2.75, 3.05) is 0 Å². The molecule has 0 heterocycles. The third-order valence-corrected chi connectivity index (χ3v) is 2.92. The van der Waals surface area contributed by atoms with Crippen molar-refractivity contribution in [1.82, 2.24) is 0 Å². The summed E-state index contributed by atoms with van der Waals surface area (Å²) in [6, 6.07) is 20.8. The fourth-order valence-corrected chi connectivity index (χ4v) is 2.02. The Kier molecular flexibility index (Phi) is 4.52. The van der Waals surface area contributed by atoms with E-state index in [1.165, 1.54) is 16.7 Å². The van der Waals surface area contributed by atoms with E-state index in [-0.39, 0.29) is 0 Å². The lowest BCUT2D eigenvalue weighted by Gasteiger charge is -2.09. The molecule has 0 aromatic heterocycles. The molecule has 0 amide bonds. The van der Waals surface area contributed by atoms with Gasteiger partial charge in [0, 0.05) is 0 Å². The second-order valence-electron chi connectivity index (χ2n) is 4.44. The molecule has 0 aliphatic rings. The molecule has 94 valence electrons. The van der Waals surface area contributed by atoms with Gasteiger partial charge >= 0.3 is 0 Å². The summed E-state index contributed by atoms with van der Waals surface area (Å²) in [6.45, 7) is 7.85. The lowest BCUT2D eigenvalue weighted by molar-refractivity contribution is 1.31. The fourth-order valence-electron chi connectivity index (χ4n) is 2.02. The molecule has 0 saturated heterocycles. The smallest absolute Gasteiger partial charge is 0.0106 e. The van der Waals surface area contributed by atoms with Crippen LogP contribution in [0.3, 0.4) is 0 Å². The van der Waals surface area contributed by atoms with Gasteiger partial charge in [0.25, 0.3) is 0 Å².